The van der Waals surface area contributed by atoms with Crippen molar-refractivity contribution in [2.24, 2.45) is 7.05 Å². The van der Waals surface area contributed by atoms with E-state index in [9.17, 15) is 0 Å². The molecule has 1 aromatic rings. The summed E-state index contributed by atoms with van der Waals surface area (Å²) in [6, 6.07) is 0. The molecule has 0 saturated carbocycles. The maximum absolute atomic E-state index is 9.01. The van der Waals surface area contributed by atoms with Gasteiger partial charge in [0.25, 0.3) is 0 Å². The molecule has 1 heterocycles. The smallest absolute Gasteiger partial charge is 0.203 e. The molecule has 0 amide bonds. The number of anilines is 1. The number of hydrogen-bond acceptors (Lipinski definition) is 3. The minimum atomic E-state index is -0.348. The minimum absolute atomic E-state index is 0.348. The Balaban J connectivity index is 2.58. The molecule has 0 aliphatic heterocycles. The first-order valence-corrected chi connectivity index (χ1v) is 4.78. The number of halogens is 1. The summed E-state index contributed by atoms with van der Waals surface area (Å²) in [6.07, 6.45) is 1.43. The molecule has 1 atom stereocenters. The van der Waals surface area contributed by atoms with Gasteiger partial charge in [-0.1, -0.05) is 0 Å². The number of aliphatic hydroxyl groups excluding tert-OH is 1. The van der Waals surface area contributed by atoms with E-state index in [-0.39, 0.29) is 6.10 Å². The van der Waals surface area contributed by atoms with Crippen LogP contribution in [-0.4, -0.2) is 27.3 Å². The summed E-state index contributed by atoms with van der Waals surface area (Å²) in [5.41, 5.74) is 0. The van der Waals surface area contributed by atoms with Crippen LogP contribution in [0.5, 0.6) is 0 Å². The summed E-state index contributed by atoms with van der Waals surface area (Å²) in [5.74, 6) is 0.792. The number of rotatable bonds is 3. The Kier molecular flexibility index (Phi) is 3.33. The van der Waals surface area contributed by atoms with Gasteiger partial charge in [-0.05, 0) is 29.5 Å². The summed E-state index contributed by atoms with van der Waals surface area (Å²) in [7, 11) is 1.93. The van der Waals surface area contributed by atoms with E-state index in [1.54, 1.807) is 13.1 Å². The Bertz CT molecular complexity index is 259. The van der Waals surface area contributed by atoms with E-state index in [2.05, 4.69) is 32.9 Å². The van der Waals surface area contributed by atoms with Gasteiger partial charge in [0.1, 0.15) is 3.70 Å². The second kappa shape index (κ2) is 4.08. The zero-order valence-corrected chi connectivity index (χ0v) is 9.24. The van der Waals surface area contributed by atoms with Gasteiger partial charge in [0, 0.05) is 13.6 Å². The molecule has 0 saturated heterocycles. The monoisotopic (exact) mass is 281 g/mol. The van der Waals surface area contributed by atoms with Gasteiger partial charge in [-0.3, -0.25) is 0 Å². The SMILES string of the molecule is CC(O)CNc1ncc(I)n1C. The van der Waals surface area contributed by atoms with Gasteiger partial charge < -0.3 is 15.0 Å². The fourth-order valence-electron chi connectivity index (χ4n) is 0.792. The summed E-state index contributed by atoms with van der Waals surface area (Å²) in [6.45, 7) is 2.27. The quantitative estimate of drug-likeness (QED) is 0.806. The molecule has 4 nitrogen and oxygen atoms in total. The molecule has 0 aliphatic carbocycles. The van der Waals surface area contributed by atoms with Gasteiger partial charge in [0.05, 0.1) is 12.3 Å². The standard InChI is InChI=1S/C7H12IN3O/c1-5(12)3-9-7-10-4-6(8)11(7)2/h4-5,12H,3H2,1-2H3,(H,9,10). The molecule has 0 aromatic carbocycles. The second-order valence-electron chi connectivity index (χ2n) is 2.69. The van der Waals surface area contributed by atoms with Gasteiger partial charge in [-0.15, -0.1) is 0 Å². The van der Waals surface area contributed by atoms with E-state index in [0.717, 1.165) is 9.65 Å². The molecular formula is C7H12IN3O. The van der Waals surface area contributed by atoms with E-state index in [4.69, 9.17) is 5.11 Å². The zero-order chi connectivity index (χ0) is 9.14. The van der Waals surface area contributed by atoms with Gasteiger partial charge in [0.15, 0.2) is 0 Å². The number of hydrogen-bond donors (Lipinski definition) is 2. The third kappa shape index (κ3) is 2.34. The fourth-order valence-corrected chi connectivity index (χ4v) is 1.16. The van der Waals surface area contributed by atoms with Crippen LogP contribution in [0, 0.1) is 3.70 Å². The number of aliphatic hydroxyl groups is 1. The van der Waals surface area contributed by atoms with Crippen molar-refractivity contribution in [1.82, 2.24) is 9.55 Å². The molecule has 0 fully saturated rings. The van der Waals surface area contributed by atoms with Gasteiger partial charge in [-0.25, -0.2) is 4.98 Å². The predicted molar refractivity (Wildman–Crippen MR) is 56.1 cm³/mol. The summed E-state index contributed by atoms with van der Waals surface area (Å²) in [5, 5.41) is 12.0. The van der Waals surface area contributed by atoms with Crippen molar-refractivity contribution >= 4 is 28.5 Å². The lowest BCUT2D eigenvalue weighted by Crippen LogP contribution is -2.17. The average Bonchev–Trinajstić information content (AvgIpc) is 2.30. The lowest BCUT2D eigenvalue weighted by molar-refractivity contribution is 0.208. The van der Waals surface area contributed by atoms with E-state index in [0.29, 0.717) is 6.54 Å². The van der Waals surface area contributed by atoms with Crippen LogP contribution in [0.1, 0.15) is 6.92 Å². The largest absolute Gasteiger partial charge is 0.392 e. The van der Waals surface area contributed by atoms with Gasteiger partial charge in [-0.2, -0.15) is 0 Å². The van der Waals surface area contributed by atoms with Crippen molar-refractivity contribution in [1.29, 1.82) is 0 Å². The molecule has 0 spiro atoms. The van der Waals surface area contributed by atoms with Crippen molar-refractivity contribution in [3.05, 3.63) is 9.90 Å². The Morgan fingerprint density at radius 3 is 2.92 bits per heavy atom. The lowest BCUT2D eigenvalue weighted by Gasteiger charge is -2.07. The molecule has 2 N–H and O–H groups in total. The van der Waals surface area contributed by atoms with Gasteiger partial charge in [0.2, 0.25) is 5.95 Å². The number of imidazole rings is 1. The Morgan fingerprint density at radius 1 is 1.83 bits per heavy atom. The maximum atomic E-state index is 9.01. The summed E-state index contributed by atoms with van der Waals surface area (Å²) in [4.78, 5) is 4.12. The van der Waals surface area contributed by atoms with Crippen LogP contribution in [0.3, 0.4) is 0 Å². The highest BCUT2D eigenvalue weighted by atomic mass is 127. The minimum Gasteiger partial charge on any atom is -0.392 e. The van der Waals surface area contributed by atoms with E-state index in [1.165, 1.54) is 0 Å². The van der Waals surface area contributed by atoms with Crippen molar-refractivity contribution in [3.63, 3.8) is 0 Å². The van der Waals surface area contributed by atoms with Crippen molar-refractivity contribution < 1.29 is 5.11 Å². The predicted octanol–water partition coefficient (Wildman–Crippen LogP) is 0.817. The molecule has 1 unspecified atom stereocenters. The molecule has 0 radical (unpaired) electrons. The molecule has 1 aromatic heterocycles. The lowest BCUT2D eigenvalue weighted by atomic mass is 10.4. The van der Waals surface area contributed by atoms with Crippen LogP contribution in [0.15, 0.2) is 6.20 Å². The molecule has 5 heteroatoms. The highest BCUT2D eigenvalue weighted by Gasteiger charge is 2.03. The highest BCUT2D eigenvalue weighted by molar-refractivity contribution is 14.1. The maximum Gasteiger partial charge on any atom is 0.203 e. The van der Waals surface area contributed by atoms with E-state index in [1.807, 2.05) is 11.6 Å². The molecule has 12 heavy (non-hydrogen) atoms. The van der Waals surface area contributed by atoms with Crippen LogP contribution in [0.2, 0.25) is 0 Å². The first-order valence-electron chi connectivity index (χ1n) is 3.70. The normalized spacial score (nSPS) is 13.0. The Morgan fingerprint density at radius 2 is 2.50 bits per heavy atom. The molecule has 0 aliphatic rings. The zero-order valence-electron chi connectivity index (χ0n) is 7.08. The van der Waals surface area contributed by atoms with Crippen LogP contribution in [-0.2, 0) is 7.05 Å². The van der Waals surface area contributed by atoms with E-state index >= 15 is 0 Å². The van der Waals surface area contributed by atoms with Crippen LogP contribution in [0.25, 0.3) is 0 Å². The van der Waals surface area contributed by atoms with E-state index < -0.39 is 0 Å². The van der Waals surface area contributed by atoms with Crippen LogP contribution in [0.4, 0.5) is 5.95 Å². The molecule has 68 valence electrons. The molecule has 0 bridgehead atoms. The first kappa shape index (κ1) is 9.79. The third-order valence-electron chi connectivity index (χ3n) is 1.49. The van der Waals surface area contributed by atoms with Crippen LogP contribution < -0.4 is 5.32 Å². The van der Waals surface area contributed by atoms with Crippen LogP contribution >= 0.6 is 22.6 Å². The summed E-state index contributed by atoms with van der Waals surface area (Å²) < 4.78 is 3.00. The first-order chi connectivity index (χ1) is 5.61. The molecular weight excluding hydrogens is 269 g/mol. The second-order valence-corrected chi connectivity index (χ2v) is 3.80. The molecule has 1 rings (SSSR count). The fraction of sp³-hybridized carbons (Fsp3) is 0.571. The van der Waals surface area contributed by atoms with Crippen molar-refractivity contribution in [2.45, 2.75) is 13.0 Å². The van der Waals surface area contributed by atoms with Crippen molar-refractivity contribution in [2.75, 3.05) is 11.9 Å². The topological polar surface area (TPSA) is 50.1 Å². The van der Waals surface area contributed by atoms with Crippen molar-refractivity contribution in [3.8, 4) is 0 Å². The number of aromatic nitrogens is 2. The highest BCUT2D eigenvalue weighted by Crippen LogP contribution is 2.09. The Labute approximate surface area is 85.1 Å². The third-order valence-corrected chi connectivity index (χ3v) is 2.49. The number of nitrogens with one attached hydrogen (secondary N) is 1. The van der Waals surface area contributed by atoms with Gasteiger partial charge >= 0.3 is 0 Å². The number of nitrogens with zero attached hydrogens (tertiary/aromatic N) is 2. The Hall–Kier alpha value is -0.300. The average molecular weight is 281 g/mol. The summed E-state index contributed by atoms with van der Waals surface area (Å²) >= 11 is 2.20.